The molecule has 0 aromatic heterocycles. The van der Waals surface area contributed by atoms with Crippen molar-refractivity contribution < 1.29 is 4.79 Å². The number of nitrogens with two attached hydrogens (primary N) is 1. The number of aryl methyl sites for hydroxylation is 1. The first-order valence-corrected chi connectivity index (χ1v) is 7.30. The summed E-state index contributed by atoms with van der Waals surface area (Å²) in [5.41, 5.74) is 10.6. The highest BCUT2D eigenvalue weighted by Crippen LogP contribution is 2.44. The van der Waals surface area contributed by atoms with E-state index < -0.39 is 0 Å². The molecule has 0 spiro atoms. The normalized spacial score (nSPS) is 14.0. The molecule has 3 heteroatoms. The molecule has 0 bridgehead atoms. The van der Waals surface area contributed by atoms with Crippen molar-refractivity contribution in [2.24, 2.45) is 0 Å². The minimum atomic E-state index is 0.000697. The number of nitrogens with zero attached hydrogens (tertiary/aromatic N) is 1. The zero-order chi connectivity index (χ0) is 15.0. The van der Waals surface area contributed by atoms with E-state index in [9.17, 15) is 4.79 Å². The predicted molar refractivity (Wildman–Crippen MR) is 86.7 cm³/mol. The van der Waals surface area contributed by atoms with Crippen molar-refractivity contribution >= 4 is 17.3 Å². The molecule has 0 saturated heterocycles. The largest absolute Gasteiger partial charge is 0.399 e. The van der Waals surface area contributed by atoms with Gasteiger partial charge in [-0.05, 0) is 61.6 Å². The van der Waals surface area contributed by atoms with Gasteiger partial charge in [0.15, 0.2) is 0 Å². The van der Waals surface area contributed by atoms with Gasteiger partial charge < -0.3 is 10.6 Å². The van der Waals surface area contributed by atoms with Crippen molar-refractivity contribution in [3.8, 4) is 0 Å². The number of hydrogen-bond donors (Lipinski definition) is 1. The van der Waals surface area contributed by atoms with Gasteiger partial charge in [-0.15, -0.1) is 0 Å². The number of benzene rings is 2. The molecule has 2 aromatic carbocycles. The van der Waals surface area contributed by atoms with Gasteiger partial charge in [0.1, 0.15) is 0 Å². The standard InChI is InChI=1S/C18H20N2O/c1-12-3-10-17(16(11-12)13-4-5-13)20(2)18(21)14-6-8-15(19)9-7-14/h3,6-11,13H,4-5,19H2,1-2H3. The average molecular weight is 280 g/mol. The van der Waals surface area contributed by atoms with Crippen LogP contribution in [0, 0.1) is 6.92 Å². The van der Waals surface area contributed by atoms with E-state index >= 15 is 0 Å². The first-order valence-electron chi connectivity index (χ1n) is 7.30. The number of carbonyl (C=O) groups is 1. The van der Waals surface area contributed by atoms with Crippen LogP contribution in [0.25, 0.3) is 0 Å². The Kier molecular flexibility index (Phi) is 3.42. The van der Waals surface area contributed by atoms with Gasteiger partial charge in [-0.1, -0.05) is 17.7 Å². The third kappa shape index (κ3) is 2.77. The SMILES string of the molecule is Cc1ccc(N(C)C(=O)c2ccc(N)cc2)c(C2CC2)c1. The molecule has 0 atom stereocenters. The van der Waals surface area contributed by atoms with Crippen molar-refractivity contribution in [2.75, 3.05) is 17.7 Å². The number of nitrogen functional groups attached to an aromatic ring is 1. The molecule has 1 aliphatic carbocycles. The summed E-state index contributed by atoms with van der Waals surface area (Å²) in [4.78, 5) is 14.4. The highest BCUT2D eigenvalue weighted by molar-refractivity contribution is 6.06. The molecule has 0 radical (unpaired) electrons. The maximum Gasteiger partial charge on any atom is 0.258 e. The van der Waals surface area contributed by atoms with Crippen LogP contribution in [-0.4, -0.2) is 13.0 Å². The highest BCUT2D eigenvalue weighted by atomic mass is 16.2. The molecule has 1 saturated carbocycles. The van der Waals surface area contributed by atoms with E-state index in [1.807, 2.05) is 7.05 Å². The Bertz CT molecular complexity index is 672. The summed E-state index contributed by atoms with van der Waals surface area (Å²) in [6, 6.07) is 13.4. The zero-order valence-electron chi connectivity index (χ0n) is 12.5. The Hall–Kier alpha value is -2.29. The third-order valence-electron chi connectivity index (χ3n) is 4.02. The third-order valence-corrected chi connectivity index (χ3v) is 4.02. The maximum absolute atomic E-state index is 12.6. The van der Waals surface area contributed by atoms with Crippen LogP contribution in [0.4, 0.5) is 11.4 Å². The highest BCUT2D eigenvalue weighted by Gasteiger charge is 2.28. The molecule has 3 nitrogen and oxygen atoms in total. The fourth-order valence-electron chi connectivity index (χ4n) is 2.63. The Balaban J connectivity index is 1.92. The number of anilines is 2. The average Bonchev–Trinajstić information content (AvgIpc) is 3.31. The van der Waals surface area contributed by atoms with Crippen molar-refractivity contribution in [3.63, 3.8) is 0 Å². The fourth-order valence-corrected chi connectivity index (χ4v) is 2.63. The number of carbonyl (C=O) groups excluding carboxylic acids is 1. The molecule has 0 heterocycles. The van der Waals surface area contributed by atoms with Gasteiger partial charge in [0.25, 0.3) is 5.91 Å². The van der Waals surface area contributed by atoms with Crippen LogP contribution in [0.3, 0.4) is 0 Å². The Morgan fingerprint density at radius 3 is 2.43 bits per heavy atom. The number of amides is 1. The van der Waals surface area contributed by atoms with Gasteiger partial charge in [-0.3, -0.25) is 4.79 Å². The first kappa shape index (κ1) is 13.7. The van der Waals surface area contributed by atoms with Crippen molar-refractivity contribution in [3.05, 3.63) is 59.2 Å². The minimum Gasteiger partial charge on any atom is -0.399 e. The second-order valence-corrected chi connectivity index (χ2v) is 5.82. The topological polar surface area (TPSA) is 46.3 Å². The van der Waals surface area contributed by atoms with Gasteiger partial charge in [-0.25, -0.2) is 0 Å². The fraction of sp³-hybridized carbons (Fsp3) is 0.278. The molecule has 2 aromatic rings. The quantitative estimate of drug-likeness (QED) is 0.871. The molecule has 1 aliphatic rings. The number of hydrogen-bond acceptors (Lipinski definition) is 2. The van der Waals surface area contributed by atoms with E-state index in [2.05, 4.69) is 25.1 Å². The molecule has 1 amide bonds. The van der Waals surface area contributed by atoms with E-state index in [0.717, 1.165) is 5.69 Å². The van der Waals surface area contributed by atoms with Crippen LogP contribution in [0.1, 0.15) is 40.2 Å². The van der Waals surface area contributed by atoms with Gasteiger partial charge in [0.2, 0.25) is 0 Å². The molecule has 1 fully saturated rings. The molecule has 0 aliphatic heterocycles. The van der Waals surface area contributed by atoms with Crippen LogP contribution in [0.2, 0.25) is 0 Å². The van der Waals surface area contributed by atoms with E-state index in [-0.39, 0.29) is 5.91 Å². The lowest BCUT2D eigenvalue weighted by molar-refractivity contribution is 0.0993. The van der Waals surface area contributed by atoms with Gasteiger partial charge in [0, 0.05) is 24.0 Å². The van der Waals surface area contributed by atoms with E-state index in [1.54, 1.807) is 29.2 Å². The lowest BCUT2D eigenvalue weighted by Gasteiger charge is -2.21. The molecular weight excluding hydrogens is 260 g/mol. The van der Waals surface area contributed by atoms with Gasteiger partial charge in [-0.2, -0.15) is 0 Å². The summed E-state index contributed by atoms with van der Waals surface area (Å²) in [5.74, 6) is 0.613. The van der Waals surface area contributed by atoms with Gasteiger partial charge >= 0.3 is 0 Å². The molecule has 2 N–H and O–H groups in total. The molecule has 108 valence electrons. The Labute approximate surface area is 125 Å². The van der Waals surface area contributed by atoms with E-state index in [1.165, 1.54) is 24.0 Å². The molecule has 3 rings (SSSR count). The summed E-state index contributed by atoms with van der Waals surface area (Å²) in [6.45, 7) is 2.09. The van der Waals surface area contributed by atoms with E-state index in [4.69, 9.17) is 5.73 Å². The molecule has 0 unspecified atom stereocenters. The zero-order valence-corrected chi connectivity index (χ0v) is 12.5. The predicted octanol–water partition coefficient (Wildman–Crippen LogP) is 3.73. The van der Waals surface area contributed by atoms with Crippen LogP contribution in [-0.2, 0) is 0 Å². The lowest BCUT2D eigenvalue weighted by Crippen LogP contribution is -2.27. The van der Waals surface area contributed by atoms with E-state index in [0.29, 0.717) is 17.2 Å². The summed E-state index contributed by atoms with van der Waals surface area (Å²) in [7, 11) is 1.84. The number of rotatable bonds is 3. The summed E-state index contributed by atoms with van der Waals surface area (Å²) < 4.78 is 0. The summed E-state index contributed by atoms with van der Waals surface area (Å²) >= 11 is 0. The maximum atomic E-state index is 12.6. The second-order valence-electron chi connectivity index (χ2n) is 5.82. The Morgan fingerprint density at radius 2 is 1.81 bits per heavy atom. The monoisotopic (exact) mass is 280 g/mol. The van der Waals surface area contributed by atoms with Crippen LogP contribution in [0.15, 0.2) is 42.5 Å². The smallest absolute Gasteiger partial charge is 0.258 e. The molecular formula is C18H20N2O. The van der Waals surface area contributed by atoms with Crippen molar-refractivity contribution in [1.82, 2.24) is 0 Å². The molecule has 21 heavy (non-hydrogen) atoms. The van der Waals surface area contributed by atoms with Crippen LogP contribution in [0.5, 0.6) is 0 Å². The van der Waals surface area contributed by atoms with Crippen LogP contribution < -0.4 is 10.6 Å². The summed E-state index contributed by atoms with van der Waals surface area (Å²) in [6.07, 6.45) is 2.45. The lowest BCUT2D eigenvalue weighted by atomic mass is 10.0. The van der Waals surface area contributed by atoms with Crippen molar-refractivity contribution in [1.29, 1.82) is 0 Å². The van der Waals surface area contributed by atoms with Crippen molar-refractivity contribution in [2.45, 2.75) is 25.7 Å². The second kappa shape index (κ2) is 5.24. The summed E-state index contributed by atoms with van der Waals surface area (Å²) in [5, 5.41) is 0. The first-order chi connectivity index (χ1) is 10.1. The van der Waals surface area contributed by atoms with Gasteiger partial charge in [0.05, 0.1) is 0 Å². The minimum absolute atomic E-state index is 0.000697. The Morgan fingerprint density at radius 1 is 1.14 bits per heavy atom. The van der Waals surface area contributed by atoms with Crippen LogP contribution >= 0.6 is 0 Å².